The minimum Gasteiger partial charge on any atom is -0.352 e. The van der Waals surface area contributed by atoms with Crippen molar-refractivity contribution in [3.63, 3.8) is 0 Å². The normalized spacial score (nSPS) is 13.1. The van der Waals surface area contributed by atoms with E-state index in [9.17, 15) is 22.4 Å². The van der Waals surface area contributed by atoms with Gasteiger partial charge in [0.15, 0.2) is 0 Å². The van der Waals surface area contributed by atoms with E-state index in [4.69, 9.17) is 0 Å². The summed E-state index contributed by atoms with van der Waals surface area (Å²) in [6.07, 6.45) is 2.66. The first kappa shape index (κ1) is 29.3. The number of halogens is 1. The Morgan fingerprint density at radius 1 is 1.03 bits per heavy atom. The predicted molar refractivity (Wildman–Crippen MR) is 142 cm³/mol. The summed E-state index contributed by atoms with van der Waals surface area (Å²) < 4.78 is 39.7. The van der Waals surface area contributed by atoms with Gasteiger partial charge in [-0.1, -0.05) is 44.2 Å². The number of nitrogens with one attached hydrogen (secondary N) is 1. The molecule has 2 aromatic carbocycles. The molecule has 2 aromatic rings. The number of hydrogen-bond acceptors (Lipinski definition) is 4. The van der Waals surface area contributed by atoms with Crippen LogP contribution in [0.25, 0.3) is 0 Å². The highest BCUT2D eigenvalue weighted by atomic mass is 32.2. The van der Waals surface area contributed by atoms with E-state index in [0.717, 1.165) is 18.2 Å². The minimum atomic E-state index is -3.55. The van der Waals surface area contributed by atoms with Crippen LogP contribution in [0.2, 0.25) is 0 Å². The SMILES string of the molecule is CCC(C)NC(=O)C(CC)N(Cc1ccc(F)cc1)C(=O)CCCN(c1ccccc1C)S(C)(=O)=O. The predicted octanol–water partition coefficient (Wildman–Crippen LogP) is 4.40. The lowest BCUT2D eigenvalue weighted by molar-refractivity contribution is -0.141. The average molecular weight is 520 g/mol. The van der Waals surface area contributed by atoms with Crippen LogP contribution in [0.15, 0.2) is 48.5 Å². The van der Waals surface area contributed by atoms with Crippen molar-refractivity contribution in [3.05, 3.63) is 65.5 Å². The van der Waals surface area contributed by atoms with Gasteiger partial charge >= 0.3 is 0 Å². The summed E-state index contributed by atoms with van der Waals surface area (Å²) in [5.74, 6) is -0.876. The van der Waals surface area contributed by atoms with Gasteiger partial charge < -0.3 is 10.2 Å². The monoisotopic (exact) mass is 519 g/mol. The molecule has 9 heteroatoms. The van der Waals surface area contributed by atoms with Crippen LogP contribution < -0.4 is 9.62 Å². The average Bonchev–Trinajstić information content (AvgIpc) is 2.82. The lowest BCUT2D eigenvalue weighted by Crippen LogP contribution is -2.50. The largest absolute Gasteiger partial charge is 0.352 e. The Morgan fingerprint density at radius 2 is 1.67 bits per heavy atom. The topological polar surface area (TPSA) is 86.8 Å². The Balaban J connectivity index is 2.23. The molecule has 36 heavy (non-hydrogen) atoms. The van der Waals surface area contributed by atoms with Crippen molar-refractivity contribution in [3.8, 4) is 0 Å². The van der Waals surface area contributed by atoms with Gasteiger partial charge in [-0.15, -0.1) is 0 Å². The van der Waals surface area contributed by atoms with Gasteiger partial charge in [0.05, 0.1) is 11.9 Å². The summed E-state index contributed by atoms with van der Waals surface area (Å²) in [6.45, 7) is 7.84. The van der Waals surface area contributed by atoms with E-state index < -0.39 is 16.1 Å². The third-order valence-electron chi connectivity index (χ3n) is 6.19. The molecule has 0 fully saturated rings. The first-order valence-corrected chi connectivity index (χ1v) is 14.2. The second kappa shape index (κ2) is 13.4. The number of nitrogens with zero attached hydrogens (tertiary/aromatic N) is 2. The third kappa shape index (κ3) is 8.33. The van der Waals surface area contributed by atoms with E-state index in [1.54, 1.807) is 24.3 Å². The van der Waals surface area contributed by atoms with Crippen LogP contribution in [0.3, 0.4) is 0 Å². The number of rotatable bonds is 13. The molecule has 0 heterocycles. The minimum absolute atomic E-state index is 0.0354. The highest BCUT2D eigenvalue weighted by Gasteiger charge is 2.29. The first-order chi connectivity index (χ1) is 17.0. The van der Waals surface area contributed by atoms with Crippen LogP contribution in [-0.4, -0.2) is 50.0 Å². The van der Waals surface area contributed by atoms with E-state index >= 15 is 0 Å². The van der Waals surface area contributed by atoms with Gasteiger partial charge in [-0.25, -0.2) is 12.8 Å². The maximum absolute atomic E-state index is 13.4. The quantitative estimate of drug-likeness (QED) is 0.425. The molecule has 0 aromatic heterocycles. The van der Waals surface area contributed by atoms with Crippen molar-refractivity contribution < 1.29 is 22.4 Å². The van der Waals surface area contributed by atoms with Gasteiger partial charge in [0.1, 0.15) is 11.9 Å². The van der Waals surface area contributed by atoms with E-state index in [0.29, 0.717) is 17.7 Å². The fraction of sp³-hybridized carbons (Fsp3) is 0.481. The Kier molecular flexibility index (Phi) is 10.9. The van der Waals surface area contributed by atoms with Gasteiger partial charge in [-0.05, 0) is 62.4 Å². The lowest BCUT2D eigenvalue weighted by atomic mass is 10.1. The first-order valence-electron chi connectivity index (χ1n) is 12.4. The van der Waals surface area contributed by atoms with Gasteiger partial charge in [-0.2, -0.15) is 0 Å². The Labute approximate surface area is 214 Å². The second-order valence-corrected chi connectivity index (χ2v) is 11.0. The molecule has 2 rings (SSSR count). The molecule has 1 N–H and O–H groups in total. The highest BCUT2D eigenvalue weighted by Crippen LogP contribution is 2.23. The molecule has 0 radical (unpaired) electrons. The summed E-state index contributed by atoms with van der Waals surface area (Å²) in [4.78, 5) is 27.9. The van der Waals surface area contributed by atoms with Crippen molar-refractivity contribution in [1.82, 2.24) is 10.2 Å². The van der Waals surface area contributed by atoms with Crippen LogP contribution in [0, 0.1) is 12.7 Å². The number of aryl methyl sites for hydroxylation is 1. The zero-order valence-corrected chi connectivity index (χ0v) is 22.6. The fourth-order valence-corrected chi connectivity index (χ4v) is 5.00. The maximum Gasteiger partial charge on any atom is 0.243 e. The summed E-state index contributed by atoms with van der Waals surface area (Å²) in [5.41, 5.74) is 2.10. The van der Waals surface area contributed by atoms with E-state index in [2.05, 4.69) is 5.32 Å². The molecular weight excluding hydrogens is 481 g/mol. The zero-order chi connectivity index (χ0) is 26.9. The molecule has 2 unspecified atom stereocenters. The van der Waals surface area contributed by atoms with Crippen molar-refractivity contribution in [1.29, 1.82) is 0 Å². The summed E-state index contributed by atoms with van der Waals surface area (Å²) >= 11 is 0. The maximum atomic E-state index is 13.4. The molecule has 198 valence electrons. The smallest absolute Gasteiger partial charge is 0.243 e. The van der Waals surface area contributed by atoms with E-state index in [1.165, 1.54) is 21.3 Å². The number of anilines is 1. The van der Waals surface area contributed by atoms with Crippen molar-refractivity contribution in [2.24, 2.45) is 0 Å². The van der Waals surface area contributed by atoms with Crippen molar-refractivity contribution >= 4 is 27.5 Å². The summed E-state index contributed by atoms with van der Waals surface area (Å²) in [6, 6.07) is 12.3. The molecule has 2 atom stereocenters. The van der Waals surface area contributed by atoms with E-state index in [-0.39, 0.29) is 49.6 Å². The van der Waals surface area contributed by atoms with Crippen LogP contribution in [0.5, 0.6) is 0 Å². The lowest BCUT2D eigenvalue weighted by Gasteiger charge is -2.32. The van der Waals surface area contributed by atoms with Gasteiger partial charge in [0.2, 0.25) is 21.8 Å². The second-order valence-electron chi connectivity index (χ2n) is 9.12. The number of hydrogen-bond donors (Lipinski definition) is 1. The number of sulfonamides is 1. The fourth-order valence-electron chi connectivity index (χ4n) is 3.97. The molecule has 0 bridgehead atoms. The summed E-state index contributed by atoms with van der Waals surface area (Å²) in [5, 5.41) is 2.95. The number of para-hydroxylation sites is 1. The molecule has 0 spiro atoms. The molecule has 0 saturated carbocycles. The number of benzene rings is 2. The molecule has 0 aliphatic carbocycles. The molecular formula is C27H38FN3O4S. The number of amides is 2. The Bertz CT molecular complexity index is 1120. The number of carbonyl (C=O) groups excluding carboxylic acids is 2. The number of carbonyl (C=O) groups is 2. The molecule has 7 nitrogen and oxygen atoms in total. The zero-order valence-electron chi connectivity index (χ0n) is 21.8. The molecule has 0 aliphatic rings. The Morgan fingerprint density at radius 3 is 2.22 bits per heavy atom. The standard InChI is InChI=1S/C27H38FN3O4S/c1-6-21(4)29-27(33)24(7-2)30(19-22-14-16-23(28)17-15-22)26(32)13-10-18-31(36(5,34)35)25-12-9-8-11-20(25)3/h8-9,11-12,14-17,21,24H,6-7,10,13,18-19H2,1-5H3,(H,29,33). The summed E-state index contributed by atoms with van der Waals surface area (Å²) in [7, 11) is -3.55. The van der Waals surface area contributed by atoms with Crippen LogP contribution in [0.1, 0.15) is 57.6 Å². The Hall–Kier alpha value is -2.94. The van der Waals surface area contributed by atoms with E-state index in [1.807, 2.05) is 39.8 Å². The van der Waals surface area contributed by atoms with Crippen LogP contribution >= 0.6 is 0 Å². The van der Waals surface area contributed by atoms with Gasteiger partial charge in [0, 0.05) is 25.6 Å². The van der Waals surface area contributed by atoms with Crippen LogP contribution in [0.4, 0.5) is 10.1 Å². The third-order valence-corrected chi connectivity index (χ3v) is 7.37. The molecule has 2 amide bonds. The molecule has 0 aliphatic heterocycles. The van der Waals surface area contributed by atoms with Crippen LogP contribution in [-0.2, 0) is 26.2 Å². The van der Waals surface area contributed by atoms with Gasteiger partial charge in [-0.3, -0.25) is 13.9 Å². The highest BCUT2D eigenvalue weighted by molar-refractivity contribution is 7.92. The van der Waals surface area contributed by atoms with Crippen molar-refractivity contribution in [2.75, 3.05) is 17.1 Å². The van der Waals surface area contributed by atoms with Gasteiger partial charge in [0.25, 0.3) is 0 Å². The molecule has 0 saturated heterocycles. The van der Waals surface area contributed by atoms with Crippen molar-refractivity contribution in [2.45, 2.75) is 72.0 Å².